The number of pyridine rings is 1. The van der Waals surface area contributed by atoms with E-state index in [1.807, 2.05) is 6.92 Å². The molecule has 0 spiro atoms. The van der Waals surface area contributed by atoms with E-state index < -0.39 is 11.9 Å². The van der Waals surface area contributed by atoms with Gasteiger partial charge in [-0.2, -0.15) is 0 Å². The van der Waals surface area contributed by atoms with E-state index >= 15 is 0 Å². The Hall–Kier alpha value is -4.07. The van der Waals surface area contributed by atoms with Crippen molar-refractivity contribution in [3.63, 3.8) is 0 Å². The molecule has 3 N–H and O–H groups in total. The number of amides is 1. The molecule has 2 aromatic carbocycles. The van der Waals surface area contributed by atoms with Gasteiger partial charge < -0.3 is 15.7 Å². The average Bonchev–Trinajstić information content (AvgIpc) is 2.81. The lowest BCUT2D eigenvalue weighted by Gasteiger charge is -2.14. The van der Waals surface area contributed by atoms with Crippen molar-refractivity contribution >= 4 is 34.7 Å². The van der Waals surface area contributed by atoms with Gasteiger partial charge in [-0.05, 0) is 61.2 Å². The summed E-state index contributed by atoms with van der Waals surface area (Å²) in [4.78, 5) is 40.2. The molecule has 0 saturated carbocycles. The zero-order chi connectivity index (χ0) is 25.4. The molecule has 7 nitrogen and oxygen atoms in total. The molecule has 8 heteroatoms. The first-order valence-electron chi connectivity index (χ1n) is 11.4. The third kappa shape index (κ3) is 7.46. The summed E-state index contributed by atoms with van der Waals surface area (Å²) in [6, 6.07) is 13.2. The van der Waals surface area contributed by atoms with E-state index in [2.05, 4.69) is 15.6 Å². The predicted molar refractivity (Wildman–Crippen MR) is 133 cm³/mol. The number of halogens is 1. The molecule has 0 saturated heterocycles. The summed E-state index contributed by atoms with van der Waals surface area (Å²) >= 11 is 0. The van der Waals surface area contributed by atoms with Crippen molar-refractivity contribution in [1.82, 2.24) is 4.98 Å². The summed E-state index contributed by atoms with van der Waals surface area (Å²) in [5, 5.41) is 14.7. The van der Waals surface area contributed by atoms with Crippen molar-refractivity contribution in [3.8, 4) is 0 Å². The monoisotopic (exact) mass is 477 g/mol. The van der Waals surface area contributed by atoms with Crippen LogP contribution in [-0.4, -0.2) is 27.8 Å². The number of aliphatic carboxylic acids is 1. The molecule has 1 aromatic heterocycles. The molecular formula is C27H28FN3O4. The number of carbonyl (C=O) groups excluding carboxylic acids is 2. The van der Waals surface area contributed by atoms with Crippen LogP contribution in [0.3, 0.4) is 0 Å². The lowest BCUT2D eigenvalue weighted by atomic mass is 10.1. The molecule has 0 aliphatic heterocycles. The summed E-state index contributed by atoms with van der Waals surface area (Å²) in [6.07, 6.45) is 3.15. The summed E-state index contributed by atoms with van der Waals surface area (Å²) in [7, 11) is 0. The average molecular weight is 478 g/mol. The van der Waals surface area contributed by atoms with E-state index in [0.717, 1.165) is 12.0 Å². The maximum atomic E-state index is 14.1. The Morgan fingerprint density at radius 2 is 1.71 bits per heavy atom. The number of Topliss-reactive ketones (excluding diaryl/α,β-unsaturated/α-hetero) is 1. The number of carbonyl (C=O) groups is 3. The second kappa shape index (κ2) is 11.9. The number of aromatic nitrogens is 1. The molecule has 0 aliphatic carbocycles. The highest BCUT2D eigenvalue weighted by atomic mass is 19.1. The summed E-state index contributed by atoms with van der Waals surface area (Å²) in [6.45, 7) is 3.59. The fourth-order valence-corrected chi connectivity index (χ4v) is 3.48. The van der Waals surface area contributed by atoms with Crippen LogP contribution in [0.1, 0.15) is 53.4 Å². The number of ketones is 1. The third-order valence-corrected chi connectivity index (χ3v) is 5.40. The molecule has 0 aliphatic rings. The Balaban J connectivity index is 1.84. The van der Waals surface area contributed by atoms with E-state index in [9.17, 15) is 18.8 Å². The maximum Gasteiger partial charge on any atom is 0.303 e. The highest BCUT2D eigenvalue weighted by molar-refractivity contribution is 6.08. The van der Waals surface area contributed by atoms with Crippen LogP contribution in [0.15, 0.2) is 54.7 Å². The third-order valence-electron chi connectivity index (χ3n) is 5.40. The van der Waals surface area contributed by atoms with Gasteiger partial charge in [-0.25, -0.2) is 4.39 Å². The minimum atomic E-state index is -0.872. The standard InChI is InChI=1S/C27H28FN3O4/c1-3-4-22(32)13-21-15-25(30-20-9-5-17(2)24(28)14-20)23(16-29-21)27(35)31-19-10-6-18(7-11-19)8-12-26(33)34/h5-7,9-11,14-16H,3-4,8,12-13H2,1-2H3,(H,29,30)(H,31,35)(H,33,34). The largest absolute Gasteiger partial charge is 0.481 e. The van der Waals surface area contributed by atoms with Crippen LogP contribution >= 0.6 is 0 Å². The van der Waals surface area contributed by atoms with Crippen molar-refractivity contribution in [2.45, 2.75) is 46.0 Å². The van der Waals surface area contributed by atoms with Crippen molar-refractivity contribution in [2.75, 3.05) is 10.6 Å². The number of rotatable bonds is 11. The molecular weight excluding hydrogens is 449 g/mol. The Kier molecular flexibility index (Phi) is 8.67. The molecule has 0 unspecified atom stereocenters. The Labute approximate surface area is 203 Å². The zero-order valence-corrected chi connectivity index (χ0v) is 19.7. The molecule has 0 atom stereocenters. The van der Waals surface area contributed by atoms with Gasteiger partial charge in [0.2, 0.25) is 0 Å². The fraction of sp³-hybridized carbons (Fsp3) is 0.259. The quantitative estimate of drug-likeness (QED) is 0.339. The number of nitrogens with zero attached hydrogens (tertiary/aromatic N) is 1. The van der Waals surface area contributed by atoms with Gasteiger partial charge >= 0.3 is 5.97 Å². The molecule has 35 heavy (non-hydrogen) atoms. The van der Waals surface area contributed by atoms with Crippen LogP contribution in [0, 0.1) is 12.7 Å². The number of carboxylic acids is 1. The number of aryl methyl sites for hydroxylation is 2. The lowest BCUT2D eigenvalue weighted by molar-refractivity contribution is -0.137. The van der Waals surface area contributed by atoms with Crippen LogP contribution < -0.4 is 10.6 Å². The predicted octanol–water partition coefficient (Wildman–Crippen LogP) is 5.45. The summed E-state index contributed by atoms with van der Waals surface area (Å²) in [5.74, 6) is -1.63. The highest BCUT2D eigenvalue weighted by Crippen LogP contribution is 2.25. The van der Waals surface area contributed by atoms with Crippen LogP contribution in [0.2, 0.25) is 0 Å². The van der Waals surface area contributed by atoms with Gasteiger partial charge in [-0.3, -0.25) is 19.4 Å². The Bertz CT molecular complexity index is 1230. The Morgan fingerprint density at radius 3 is 2.37 bits per heavy atom. The van der Waals surface area contributed by atoms with Crippen molar-refractivity contribution in [2.24, 2.45) is 0 Å². The fourth-order valence-electron chi connectivity index (χ4n) is 3.48. The summed E-state index contributed by atoms with van der Waals surface area (Å²) in [5.41, 5.74) is 3.48. The first kappa shape index (κ1) is 25.6. The van der Waals surface area contributed by atoms with Gasteiger partial charge in [-0.15, -0.1) is 0 Å². The van der Waals surface area contributed by atoms with E-state index in [1.54, 1.807) is 49.4 Å². The van der Waals surface area contributed by atoms with E-state index in [4.69, 9.17) is 5.11 Å². The van der Waals surface area contributed by atoms with Gasteiger partial charge in [0, 0.05) is 42.5 Å². The van der Waals surface area contributed by atoms with Gasteiger partial charge in [0.05, 0.1) is 11.3 Å². The van der Waals surface area contributed by atoms with E-state index in [1.165, 1.54) is 12.3 Å². The Morgan fingerprint density at radius 1 is 1.00 bits per heavy atom. The van der Waals surface area contributed by atoms with Gasteiger partial charge in [-0.1, -0.05) is 25.1 Å². The van der Waals surface area contributed by atoms with Gasteiger partial charge in [0.1, 0.15) is 11.6 Å². The SMILES string of the molecule is CCCC(=O)Cc1cc(Nc2ccc(C)c(F)c2)c(C(=O)Nc2ccc(CCC(=O)O)cc2)cn1. The number of benzene rings is 2. The molecule has 1 amide bonds. The van der Waals surface area contributed by atoms with Crippen molar-refractivity contribution in [3.05, 3.63) is 82.9 Å². The topological polar surface area (TPSA) is 108 Å². The molecule has 1 heterocycles. The smallest absolute Gasteiger partial charge is 0.303 e. The van der Waals surface area contributed by atoms with Gasteiger partial charge in [0.25, 0.3) is 5.91 Å². The zero-order valence-electron chi connectivity index (χ0n) is 19.7. The summed E-state index contributed by atoms with van der Waals surface area (Å²) < 4.78 is 14.1. The molecule has 182 valence electrons. The molecule has 3 rings (SSSR count). The molecule has 0 radical (unpaired) electrons. The van der Waals surface area contributed by atoms with E-state index in [-0.39, 0.29) is 30.0 Å². The maximum absolute atomic E-state index is 14.1. The normalized spacial score (nSPS) is 10.6. The number of nitrogens with one attached hydrogen (secondary N) is 2. The number of hydrogen-bond donors (Lipinski definition) is 3. The second-order valence-corrected chi connectivity index (χ2v) is 8.32. The number of carboxylic acid groups (broad SMARTS) is 1. The molecule has 3 aromatic rings. The first-order chi connectivity index (χ1) is 16.7. The highest BCUT2D eigenvalue weighted by Gasteiger charge is 2.16. The molecule has 0 bridgehead atoms. The van der Waals surface area contributed by atoms with Crippen LogP contribution in [0.25, 0.3) is 0 Å². The first-order valence-corrected chi connectivity index (χ1v) is 11.4. The number of anilines is 3. The number of hydrogen-bond acceptors (Lipinski definition) is 5. The van der Waals surface area contributed by atoms with Crippen molar-refractivity contribution in [1.29, 1.82) is 0 Å². The van der Waals surface area contributed by atoms with Crippen molar-refractivity contribution < 1.29 is 23.9 Å². The minimum absolute atomic E-state index is 0.0269. The van der Waals surface area contributed by atoms with Crippen LogP contribution in [0.4, 0.5) is 21.5 Å². The lowest BCUT2D eigenvalue weighted by Crippen LogP contribution is -2.15. The minimum Gasteiger partial charge on any atom is -0.481 e. The van der Waals surface area contributed by atoms with Gasteiger partial charge in [0.15, 0.2) is 0 Å². The molecule has 0 fully saturated rings. The van der Waals surface area contributed by atoms with E-state index in [0.29, 0.717) is 41.2 Å². The second-order valence-electron chi connectivity index (χ2n) is 8.32. The van der Waals surface area contributed by atoms with Crippen LogP contribution in [0.5, 0.6) is 0 Å². The van der Waals surface area contributed by atoms with Crippen LogP contribution in [-0.2, 0) is 22.4 Å².